The van der Waals surface area contributed by atoms with Crippen LogP contribution in [0.25, 0.3) is 11.1 Å². The number of alkyl carbamates (subject to hydrolysis) is 1. The van der Waals surface area contributed by atoms with Crippen molar-refractivity contribution in [1.82, 2.24) is 24.9 Å². The van der Waals surface area contributed by atoms with E-state index >= 15 is 0 Å². The van der Waals surface area contributed by atoms with Gasteiger partial charge in [-0.2, -0.15) is 4.98 Å². The van der Waals surface area contributed by atoms with Crippen LogP contribution in [0.5, 0.6) is 0 Å². The zero-order valence-corrected chi connectivity index (χ0v) is 25.1. The van der Waals surface area contributed by atoms with Gasteiger partial charge in [-0.1, -0.05) is 60.1 Å². The fourth-order valence-electron chi connectivity index (χ4n) is 4.90. The number of hydrogen-bond donors (Lipinski definition) is 1. The lowest BCUT2D eigenvalue weighted by Gasteiger charge is -2.32. The predicted molar refractivity (Wildman–Crippen MR) is 160 cm³/mol. The third-order valence-corrected chi connectivity index (χ3v) is 6.81. The van der Waals surface area contributed by atoms with E-state index < -0.39 is 17.7 Å². The topological polar surface area (TPSA) is 120 Å². The maximum Gasteiger partial charge on any atom is 0.407 e. The minimum absolute atomic E-state index is 0.143. The Morgan fingerprint density at radius 2 is 1.83 bits per heavy atom. The highest BCUT2D eigenvalue weighted by Gasteiger charge is 2.30. The van der Waals surface area contributed by atoms with Crippen molar-refractivity contribution in [1.29, 1.82) is 0 Å². The van der Waals surface area contributed by atoms with Crippen molar-refractivity contribution in [3.8, 4) is 0 Å². The number of rotatable bonds is 10. The molecule has 42 heavy (non-hydrogen) atoms. The second-order valence-corrected chi connectivity index (χ2v) is 11.4. The van der Waals surface area contributed by atoms with Gasteiger partial charge in [0, 0.05) is 18.7 Å². The number of benzene rings is 2. The van der Waals surface area contributed by atoms with Crippen LogP contribution in [0, 0.1) is 13.8 Å². The molecule has 0 aliphatic carbocycles. The number of carbonyl (C=O) groups is 2. The van der Waals surface area contributed by atoms with Gasteiger partial charge in [-0.05, 0) is 65.2 Å². The third-order valence-electron chi connectivity index (χ3n) is 6.81. The average molecular weight is 574 g/mol. The summed E-state index contributed by atoms with van der Waals surface area (Å²) in [5.74, 6) is 0.216. The van der Waals surface area contributed by atoms with Crippen LogP contribution in [0.3, 0.4) is 0 Å². The molecule has 0 radical (unpaired) electrons. The Hall–Kier alpha value is -4.47. The molecule has 10 heteroatoms. The normalized spacial score (nSPS) is 12.2. The molecule has 0 saturated carbocycles. The number of nitrogens with one attached hydrogen (secondary N) is 1. The highest BCUT2D eigenvalue weighted by Crippen LogP contribution is 2.27. The standard InChI is InChI=1S/C32H39N5O5/c1-7-25(27-34-28-26(22(3)35-42-28)30(39)37(27)20-23-14-9-8-10-15-23)36(29(38)24-16-11-13-21(2)19-24)18-12-17-33-31(40)41-32(4,5)6/h8-11,13-16,19,25H,7,12,17-18,20H2,1-6H3,(H,33,40). The van der Waals surface area contributed by atoms with Gasteiger partial charge in [-0.25, -0.2) is 4.79 Å². The Balaban J connectivity index is 1.74. The van der Waals surface area contributed by atoms with E-state index in [1.165, 1.54) is 0 Å². The van der Waals surface area contributed by atoms with Gasteiger partial charge in [0.05, 0.1) is 18.3 Å². The minimum atomic E-state index is -0.615. The summed E-state index contributed by atoms with van der Waals surface area (Å²) in [6.45, 7) is 11.9. The van der Waals surface area contributed by atoms with Gasteiger partial charge >= 0.3 is 6.09 Å². The largest absolute Gasteiger partial charge is 0.444 e. The summed E-state index contributed by atoms with van der Waals surface area (Å²) >= 11 is 0. The molecule has 2 heterocycles. The fraction of sp³-hybridized carbons (Fsp3) is 0.406. The van der Waals surface area contributed by atoms with Crippen LogP contribution in [-0.4, -0.2) is 50.3 Å². The maximum absolute atomic E-state index is 14.1. The first kappa shape index (κ1) is 30.5. The van der Waals surface area contributed by atoms with E-state index in [0.717, 1.165) is 11.1 Å². The predicted octanol–water partition coefficient (Wildman–Crippen LogP) is 5.56. The number of aromatic nitrogens is 3. The van der Waals surface area contributed by atoms with Crippen molar-refractivity contribution < 1.29 is 18.8 Å². The first-order valence-corrected chi connectivity index (χ1v) is 14.2. The van der Waals surface area contributed by atoms with E-state index in [0.29, 0.717) is 48.4 Å². The molecule has 0 saturated heterocycles. The van der Waals surface area contributed by atoms with Crippen LogP contribution in [0.2, 0.25) is 0 Å². The van der Waals surface area contributed by atoms with Gasteiger partial charge in [0.25, 0.3) is 17.2 Å². The van der Waals surface area contributed by atoms with Crippen molar-refractivity contribution in [2.45, 2.75) is 72.6 Å². The molecule has 0 spiro atoms. The lowest BCUT2D eigenvalue weighted by Crippen LogP contribution is -2.41. The lowest BCUT2D eigenvalue weighted by atomic mass is 10.1. The highest BCUT2D eigenvalue weighted by atomic mass is 16.6. The Morgan fingerprint density at radius 3 is 2.50 bits per heavy atom. The highest BCUT2D eigenvalue weighted by molar-refractivity contribution is 5.94. The number of fused-ring (bicyclic) bond motifs is 1. The van der Waals surface area contributed by atoms with Crippen molar-refractivity contribution in [3.63, 3.8) is 0 Å². The number of nitrogens with zero attached hydrogens (tertiary/aromatic N) is 4. The number of amides is 2. The molecule has 0 aliphatic heterocycles. The molecule has 0 bridgehead atoms. The van der Waals surface area contributed by atoms with Crippen molar-refractivity contribution in [2.24, 2.45) is 0 Å². The molecule has 2 aromatic heterocycles. The quantitative estimate of drug-likeness (QED) is 0.247. The van der Waals surface area contributed by atoms with Crippen molar-refractivity contribution >= 4 is 23.1 Å². The lowest BCUT2D eigenvalue weighted by molar-refractivity contribution is 0.0523. The molecule has 222 valence electrons. The second-order valence-electron chi connectivity index (χ2n) is 11.4. The molecule has 1 unspecified atom stereocenters. The van der Waals surface area contributed by atoms with Crippen LogP contribution < -0.4 is 10.9 Å². The number of hydrogen-bond acceptors (Lipinski definition) is 7. The SMILES string of the molecule is CCC(c1nc2onc(C)c2c(=O)n1Cc1ccccc1)N(CCCNC(=O)OC(C)(C)C)C(=O)c1cccc(C)c1. The summed E-state index contributed by atoms with van der Waals surface area (Å²) in [5.41, 5.74) is 2.13. The molecular formula is C32H39N5O5. The number of aryl methyl sites for hydroxylation is 2. The van der Waals surface area contributed by atoms with Gasteiger partial charge in [-0.15, -0.1) is 0 Å². The molecule has 0 aliphatic rings. The Morgan fingerprint density at radius 1 is 1.10 bits per heavy atom. The molecule has 1 N–H and O–H groups in total. The van der Waals surface area contributed by atoms with E-state index in [4.69, 9.17) is 14.2 Å². The Bertz CT molecular complexity index is 1600. The summed E-state index contributed by atoms with van der Waals surface area (Å²) in [5, 5.41) is 7.08. The zero-order valence-electron chi connectivity index (χ0n) is 25.1. The molecule has 10 nitrogen and oxygen atoms in total. The van der Waals surface area contributed by atoms with Crippen LogP contribution in [0.4, 0.5) is 4.79 Å². The summed E-state index contributed by atoms with van der Waals surface area (Å²) in [7, 11) is 0. The van der Waals surface area contributed by atoms with E-state index in [2.05, 4.69) is 10.5 Å². The summed E-state index contributed by atoms with van der Waals surface area (Å²) in [6, 6.07) is 16.5. The van der Waals surface area contributed by atoms with Crippen LogP contribution in [0.15, 0.2) is 63.9 Å². The van der Waals surface area contributed by atoms with Crippen LogP contribution in [0.1, 0.15) is 79.6 Å². The summed E-state index contributed by atoms with van der Waals surface area (Å²) in [4.78, 5) is 46.7. The van der Waals surface area contributed by atoms with E-state index in [1.54, 1.807) is 43.2 Å². The van der Waals surface area contributed by atoms with Crippen molar-refractivity contribution in [2.75, 3.05) is 13.1 Å². The third kappa shape index (κ3) is 7.23. The van der Waals surface area contributed by atoms with Gasteiger partial charge in [-0.3, -0.25) is 14.2 Å². The zero-order chi connectivity index (χ0) is 30.4. The van der Waals surface area contributed by atoms with Crippen molar-refractivity contribution in [3.05, 3.63) is 93.2 Å². The van der Waals surface area contributed by atoms with E-state index in [-0.39, 0.29) is 23.7 Å². The Kier molecular flexibility index (Phi) is 9.45. The number of carbonyl (C=O) groups excluding carboxylic acids is 2. The van der Waals surface area contributed by atoms with Gasteiger partial charge in [0.15, 0.2) is 0 Å². The molecule has 4 aromatic rings. The number of ether oxygens (including phenoxy) is 1. The van der Waals surface area contributed by atoms with Crippen LogP contribution >= 0.6 is 0 Å². The molecular weight excluding hydrogens is 534 g/mol. The Labute approximate surface area is 245 Å². The fourth-order valence-corrected chi connectivity index (χ4v) is 4.90. The average Bonchev–Trinajstić information content (AvgIpc) is 3.31. The summed E-state index contributed by atoms with van der Waals surface area (Å²) < 4.78 is 12.4. The van der Waals surface area contributed by atoms with Gasteiger partial charge in [0.1, 0.15) is 16.8 Å². The second kappa shape index (κ2) is 13.0. The van der Waals surface area contributed by atoms with E-state index in [9.17, 15) is 14.4 Å². The molecule has 2 aromatic carbocycles. The first-order chi connectivity index (χ1) is 20.0. The van der Waals surface area contributed by atoms with Gasteiger partial charge in [0.2, 0.25) is 0 Å². The van der Waals surface area contributed by atoms with Gasteiger partial charge < -0.3 is 19.5 Å². The van der Waals surface area contributed by atoms with Crippen LogP contribution in [-0.2, 0) is 11.3 Å². The maximum atomic E-state index is 14.1. The molecule has 2 amide bonds. The first-order valence-electron chi connectivity index (χ1n) is 14.2. The monoisotopic (exact) mass is 573 g/mol. The molecule has 1 atom stereocenters. The molecule has 0 fully saturated rings. The molecule has 4 rings (SSSR count). The minimum Gasteiger partial charge on any atom is -0.444 e. The summed E-state index contributed by atoms with van der Waals surface area (Å²) in [6.07, 6.45) is 0.423. The smallest absolute Gasteiger partial charge is 0.407 e. The van der Waals surface area contributed by atoms with E-state index in [1.807, 2.05) is 62.4 Å².